The number of hydrogen-bond acceptors (Lipinski definition) is 5. The molecule has 0 aromatic carbocycles. The highest BCUT2D eigenvalue weighted by atomic mass is 32.2. The van der Waals surface area contributed by atoms with E-state index in [0.29, 0.717) is 11.0 Å². The summed E-state index contributed by atoms with van der Waals surface area (Å²) in [6.45, 7) is 9.23. The topological polar surface area (TPSA) is 90.9 Å². The van der Waals surface area contributed by atoms with Crippen LogP contribution in [0.4, 0.5) is 5.82 Å². The van der Waals surface area contributed by atoms with Gasteiger partial charge in [0, 0.05) is 5.39 Å². The van der Waals surface area contributed by atoms with Gasteiger partial charge >= 0.3 is 0 Å². The summed E-state index contributed by atoms with van der Waals surface area (Å²) in [4.78, 5) is 4.33. The first-order valence-electron chi connectivity index (χ1n) is 6.44. The van der Waals surface area contributed by atoms with Gasteiger partial charge in [0.2, 0.25) is 0 Å². The van der Waals surface area contributed by atoms with Crippen molar-refractivity contribution in [2.45, 2.75) is 50.3 Å². The van der Waals surface area contributed by atoms with Crippen LogP contribution in [0, 0.1) is 0 Å². The smallest absolute Gasteiger partial charge is 0.184 e. The summed E-state index contributed by atoms with van der Waals surface area (Å²) >= 11 is 0. The fourth-order valence-electron chi connectivity index (χ4n) is 1.93. The van der Waals surface area contributed by atoms with Crippen LogP contribution in [0.25, 0.3) is 11.0 Å². The summed E-state index contributed by atoms with van der Waals surface area (Å²) in [5, 5.41) is 4.41. The van der Waals surface area contributed by atoms with Crippen LogP contribution in [0.3, 0.4) is 0 Å². The molecule has 2 aromatic rings. The number of anilines is 1. The van der Waals surface area contributed by atoms with Crippen LogP contribution in [0.15, 0.2) is 17.2 Å². The van der Waals surface area contributed by atoms with E-state index in [1.54, 1.807) is 30.8 Å². The molecule has 7 heteroatoms. The van der Waals surface area contributed by atoms with Gasteiger partial charge in [-0.05, 0) is 40.7 Å². The maximum absolute atomic E-state index is 12.3. The Balaban J connectivity index is 2.74. The summed E-state index contributed by atoms with van der Waals surface area (Å²) < 4.78 is 26.2. The Bertz CT molecular complexity index is 755. The molecule has 2 aromatic heterocycles. The fourth-order valence-corrected chi connectivity index (χ4v) is 3.06. The van der Waals surface area contributed by atoms with Crippen molar-refractivity contribution in [3.8, 4) is 0 Å². The number of aromatic nitrogens is 3. The van der Waals surface area contributed by atoms with Crippen LogP contribution in [-0.2, 0) is 15.4 Å². The highest BCUT2D eigenvalue weighted by molar-refractivity contribution is 7.92. The Morgan fingerprint density at radius 1 is 1.30 bits per heavy atom. The minimum absolute atomic E-state index is 0.0252. The van der Waals surface area contributed by atoms with Gasteiger partial charge in [0.05, 0.1) is 17.0 Å². The quantitative estimate of drug-likeness (QED) is 0.914. The third-order valence-corrected chi connectivity index (χ3v) is 5.28. The molecule has 0 amide bonds. The molecule has 2 rings (SSSR count). The second-order valence-corrected chi connectivity index (χ2v) is 8.58. The molecule has 0 atom stereocenters. The van der Waals surface area contributed by atoms with Crippen LogP contribution in [-0.4, -0.2) is 28.4 Å². The summed E-state index contributed by atoms with van der Waals surface area (Å²) in [7, 11) is -3.45. The molecule has 6 nitrogen and oxygen atoms in total. The van der Waals surface area contributed by atoms with Crippen LogP contribution in [0.2, 0.25) is 0 Å². The molecule has 0 fully saturated rings. The summed E-state index contributed by atoms with van der Waals surface area (Å²) in [5.41, 5.74) is 6.20. The highest BCUT2D eigenvalue weighted by Gasteiger charge is 2.25. The average Bonchev–Trinajstić information content (AvgIpc) is 2.69. The first kappa shape index (κ1) is 14.8. The van der Waals surface area contributed by atoms with Gasteiger partial charge in [0.25, 0.3) is 0 Å². The molecule has 0 aliphatic heterocycles. The summed E-state index contributed by atoms with van der Waals surface area (Å²) in [5.74, 6) is 0.0252. The van der Waals surface area contributed by atoms with Crippen molar-refractivity contribution >= 4 is 26.7 Å². The minimum atomic E-state index is -3.45. The van der Waals surface area contributed by atoms with Crippen molar-refractivity contribution in [2.24, 2.45) is 0 Å². The van der Waals surface area contributed by atoms with E-state index >= 15 is 0 Å². The molecular formula is C13H20N4O2S. The third kappa shape index (κ3) is 2.26. The predicted molar refractivity (Wildman–Crippen MR) is 79.3 cm³/mol. The lowest BCUT2D eigenvalue weighted by atomic mass is 10.1. The van der Waals surface area contributed by atoms with Crippen LogP contribution < -0.4 is 5.73 Å². The molecule has 0 bridgehead atoms. The number of nitrogen functional groups attached to an aromatic ring is 1. The number of sulfone groups is 1. The molecule has 0 aliphatic carbocycles. The molecule has 20 heavy (non-hydrogen) atoms. The molecule has 2 heterocycles. The van der Waals surface area contributed by atoms with Crippen molar-refractivity contribution in [1.82, 2.24) is 14.8 Å². The van der Waals surface area contributed by atoms with Crippen molar-refractivity contribution in [3.63, 3.8) is 0 Å². The molecule has 0 saturated carbocycles. The number of nitrogens with two attached hydrogens (primary N) is 1. The number of nitrogens with zero attached hydrogens (tertiary/aromatic N) is 3. The molecule has 0 spiro atoms. The molecule has 0 unspecified atom stereocenters. The Labute approximate surface area is 118 Å². The maximum Gasteiger partial charge on any atom is 0.184 e. The zero-order valence-corrected chi connectivity index (χ0v) is 13.2. The molecule has 110 valence electrons. The summed E-state index contributed by atoms with van der Waals surface area (Å²) in [6, 6.07) is 1.56. The second kappa shape index (κ2) is 4.44. The number of pyridine rings is 1. The SMILES string of the molecule is CC(C)S(=O)(=O)c1cc2cnn(C(C)(C)C)c2nc1N. The molecule has 0 saturated heterocycles. The third-order valence-electron chi connectivity index (χ3n) is 3.10. The molecule has 0 aliphatic rings. The lowest BCUT2D eigenvalue weighted by Gasteiger charge is -2.20. The zero-order chi connectivity index (χ0) is 15.3. The van der Waals surface area contributed by atoms with E-state index in [-0.39, 0.29) is 16.3 Å². The molecule has 0 radical (unpaired) electrons. The maximum atomic E-state index is 12.3. The second-order valence-electron chi connectivity index (χ2n) is 6.11. The average molecular weight is 296 g/mol. The van der Waals surface area contributed by atoms with E-state index in [0.717, 1.165) is 0 Å². The van der Waals surface area contributed by atoms with Gasteiger partial charge in [-0.2, -0.15) is 5.10 Å². The standard InChI is InChI=1S/C13H20N4O2S/c1-8(2)20(18,19)10-6-9-7-15-17(13(3,4)5)12(9)16-11(10)14/h6-8H,1-5H3,(H2,14,16). The van der Waals surface area contributed by atoms with Gasteiger partial charge in [-0.25, -0.2) is 18.1 Å². The Morgan fingerprint density at radius 3 is 2.40 bits per heavy atom. The highest BCUT2D eigenvalue weighted by Crippen LogP contribution is 2.27. The lowest BCUT2D eigenvalue weighted by molar-refractivity contribution is 0.366. The van der Waals surface area contributed by atoms with Gasteiger partial charge in [0.1, 0.15) is 10.7 Å². The van der Waals surface area contributed by atoms with Gasteiger partial charge in [-0.15, -0.1) is 0 Å². The number of hydrogen-bond donors (Lipinski definition) is 1. The van der Waals surface area contributed by atoms with Crippen molar-refractivity contribution in [1.29, 1.82) is 0 Å². The van der Waals surface area contributed by atoms with Crippen molar-refractivity contribution in [2.75, 3.05) is 5.73 Å². The van der Waals surface area contributed by atoms with E-state index in [1.165, 1.54) is 0 Å². The van der Waals surface area contributed by atoms with E-state index in [4.69, 9.17) is 5.73 Å². The number of rotatable bonds is 2. The molecule has 2 N–H and O–H groups in total. The van der Waals surface area contributed by atoms with Gasteiger partial charge < -0.3 is 5.73 Å². The van der Waals surface area contributed by atoms with E-state index in [1.807, 2.05) is 20.8 Å². The Morgan fingerprint density at radius 2 is 1.90 bits per heavy atom. The van der Waals surface area contributed by atoms with Gasteiger partial charge in [-0.3, -0.25) is 0 Å². The first-order valence-corrected chi connectivity index (χ1v) is 7.98. The number of fused-ring (bicyclic) bond motifs is 1. The van der Waals surface area contributed by atoms with E-state index < -0.39 is 15.1 Å². The van der Waals surface area contributed by atoms with Crippen molar-refractivity contribution < 1.29 is 8.42 Å². The monoisotopic (exact) mass is 296 g/mol. The van der Waals surface area contributed by atoms with Crippen molar-refractivity contribution in [3.05, 3.63) is 12.3 Å². The van der Waals surface area contributed by atoms with Crippen LogP contribution in [0.5, 0.6) is 0 Å². The Hall–Kier alpha value is -1.63. The first-order chi connectivity index (χ1) is 9.05. The lowest BCUT2D eigenvalue weighted by Crippen LogP contribution is -2.23. The van der Waals surface area contributed by atoms with Gasteiger partial charge in [-0.1, -0.05) is 0 Å². The Kier molecular flexibility index (Phi) is 3.28. The van der Waals surface area contributed by atoms with Gasteiger partial charge in [0.15, 0.2) is 15.5 Å². The predicted octanol–water partition coefficient (Wildman–Crippen LogP) is 1.95. The van der Waals surface area contributed by atoms with E-state index in [9.17, 15) is 8.42 Å². The van der Waals surface area contributed by atoms with Crippen LogP contribution >= 0.6 is 0 Å². The van der Waals surface area contributed by atoms with E-state index in [2.05, 4.69) is 10.1 Å². The normalized spacial score (nSPS) is 13.3. The molecular weight excluding hydrogens is 276 g/mol. The zero-order valence-electron chi connectivity index (χ0n) is 12.4. The minimum Gasteiger partial charge on any atom is -0.383 e. The van der Waals surface area contributed by atoms with Crippen LogP contribution in [0.1, 0.15) is 34.6 Å². The summed E-state index contributed by atoms with van der Waals surface area (Å²) in [6.07, 6.45) is 1.62. The fraction of sp³-hybridized carbons (Fsp3) is 0.538. The largest absolute Gasteiger partial charge is 0.383 e.